The number of pyridine rings is 1. The topological polar surface area (TPSA) is 53.4 Å². The van der Waals surface area contributed by atoms with E-state index < -0.39 is 5.97 Å². The molecule has 1 heterocycles. The third-order valence-corrected chi connectivity index (χ3v) is 2.94. The van der Waals surface area contributed by atoms with Crippen molar-refractivity contribution in [1.82, 2.24) is 9.88 Å². The molecule has 0 radical (unpaired) electrons. The summed E-state index contributed by atoms with van der Waals surface area (Å²) in [4.78, 5) is 17.1. The molecule has 17 heavy (non-hydrogen) atoms. The Kier molecular flexibility index (Phi) is 5.10. The van der Waals surface area contributed by atoms with Crippen LogP contribution >= 0.6 is 0 Å². The smallest absolute Gasteiger partial charge is 0.307 e. The van der Waals surface area contributed by atoms with Gasteiger partial charge in [-0.1, -0.05) is 13.8 Å². The van der Waals surface area contributed by atoms with E-state index in [9.17, 15) is 4.79 Å². The molecular formula is C13H20N2O2. The van der Waals surface area contributed by atoms with Crippen LogP contribution in [0.5, 0.6) is 0 Å². The zero-order valence-electron chi connectivity index (χ0n) is 10.7. The molecule has 0 bridgehead atoms. The van der Waals surface area contributed by atoms with Gasteiger partial charge in [0.05, 0.1) is 5.92 Å². The van der Waals surface area contributed by atoms with Crippen LogP contribution in [-0.4, -0.2) is 34.0 Å². The van der Waals surface area contributed by atoms with E-state index in [2.05, 4.69) is 9.88 Å². The molecule has 1 aromatic heterocycles. The highest BCUT2D eigenvalue weighted by atomic mass is 16.4. The second-order valence-corrected chi connectivity index (χ2v) is 4.37. The Morgan fingerprint density at radius 3 is 2.82 bits per heavy atom. The predicted octanol–water partition coefficient (Wildman–Crippen LogP) is 1.93. The number of carbonyl (C=O) groups is 1. The summed E-state index contributed by atoms with van der Waals surface area (Å²) in [6.45, 7) is 7.99. The van der Waals surface area contributed by atoms with Gasteiger partial charge in [0.25, 0.3) is 0 Å². The molecular weight excluding hydrogens is 216 g/mol. The number of aromatic nitrogens is 1. The van der Waals surface area contributed by atoms with E-state index in [4.69, 9.17) is 5.11 Å². The normalized spacial score (nSPS) is 12.7. The van der Waals surface area contributed by atoms with E-state index >= 15 is 0 Å². The van der Waals surface area contributed by atoms with E-state index in [1.54, 1.807) is 13.1 Å². The number of hydrogen-bond donors (Lipinski definition) is 1. The number of aryl methyl sites for hydroxylation is 1. The van der Waals surface area contributed by atoms with E-state index in [0.29, 0.717) is 6.54 Å². The molecule has 0 amide bonds. The SMILES string of the molecule is CCN(Cc1cnccc1C)CC(C)C(=O)O. The summed E-state index contributed by atoms with van der Waals surface area (Å²) in [5.41, 5.74) is 2.35. The van der Waals surface area contributed by atoms with Crippen molar-refractivity contribution in [3.8, 4) is 0 Å². The summed E-state index contributed by atoms with van der Waals surface area (Å²) in [6.07, 6.45) is 3.62. The molecule has 0 saturated heterocycles. The van der Waals surface area contributed by atoms with Crippen LogP contribution in [0.2, 0.25) is 0 Å². The van der Waals surface area contributed by atoms with Crippen molar-refractivity contribution in [2.75, 3.05) is 13.1 Å². The number of aliphatic carboxylic acids is 1. The highest BCUT2D eigenvalue weighted by Crippen LogP contribution is 2.10. The molecule has 4 heteroatoms. The first-order valence-electron chi connectivity index (χ1n) is 5.89. The lowest BCUT2D eigenvalue weighted by molar-refractivity contribution is -0.141. The standard InChI is InChI=1S/C13H20N2O2/c1-4-15(8-11(3)13(16)17)9-12-7-14-6-5-10(12)2/h5-7,11H,4,8-9H2,1-3H3,(H,16,17). The van der Waals surface area contributed by atoms with Gasteiger partial charge in [-0.25, -0.2) is 0 Å². The van der Waals surface area contributed by atoms with Gasteiger partial charge in [-0.15, -0.1) is 0 Å². The van der Waals surface area contributed by atoms with E-state index in [1.165, 1.54) is 5.56 Å². The van der Waals surface area contributed by atoms with Crippen molar-refractivity contribution in [1.29, 1.82) is 0 Å². The molecule has 0 saturated carbocycles. The number of carboxylic acids is 1. The molecule has 1 rings (SSSR count). The third kappa shape index (κ3) is 4.15. The third-order valence-electron chi connectivity index (χ3n) is 2.94. The fourth-order valence-corrected chi connectivity index (χ4v) is 1.67. The van der Waals surface area contributed by atoms with Crippen LogP contribution in [0.4, 0.5) is 0 Å². The van der Waals surface area contributed by atoms with Crippen molar-refractivity contribution in [3.63, 3.8) is 0 Å². The quantitative estimate of drug-likeness (QED) is 0.820. The first-order valence-corrected chi connectivity index (χ1v) is 5.89. The van der Waals surface area contributed by atoms with Crippen LogP contribution in [0.3, 0.4) is 0 Å². The Bertz CT molecular complexity index is 379. The van der Waals surface area contributed by atoms with E-state index in [1.807, 2.05) is 26.1 Å². The van der Waals surface area contributed by atoms with Gasteiger partial charge < -0.3 is 5.11 Å². The first-order chi connectivity index (χ1) is 8.04. The van der Waals surface area contributed by atoms with Gasteiger partial charge in [-0.2, -0.15) is 0 Å². The minimum Gasteiger partial charge on any atom is -0.481 e. The number of hydrogen-bond acceptors (Lipinski definition) is 3. The van der Waals surface area contributed by atoms with E-state index in [0.717, 1.165) is 18.7 Å². The molecule has 1 atom stereocenters. The Labute approximate surface area is 102 Å². The van der Waals surface area contributed by atoms with Crippen molar-refractivity contribution in [3.05, 3.63) is 29.6 Å². The van der Waals surface area contributed by atoms with Crippen molar-refractivity contribution < 1.29 is 9.90 Å². The Hall–Kier alpha value is -1.42. The molecule has 1 aromatic rings. The molecule has 0 fully saturated rings. The largest absolute Gasteiger partial charge is 0.481 e. The molecule has 1 N–H and O–H groups in total. The van der Waals surface area contributed by atoms with Crippen LogP contribution in [0.1, 0.15) is 25.0 Å². The van der Waals surface area contributed by atoms with Crippen molar-refractivity contribution in [2.24, 2.45) is 5.92 Å². The van der Waals surface area contributed by atoms with Crippen LogP contribution in [-0.2, 0) is 11.3 Å². The first kappa shape index (κ1) is 13.6. The van der Waals surface area contributed by atoms with Crippen LogP contribution in [0.15, 0.2) is 18.5 Å². The maximum atomic E-state index is 10.8. The fourth-order valence-electron chi connectivity index (χ4n) is 1.67. The second kappa shape index (κ2) is 6.35. The highest BCUT2D eigenvalue weighted by Gasteiger charge is 2.15. The lowest BCUT2D eigenvalue weighted by Crippen LogP contribution is -2.31. The molecule has 94 valence electrons. The van der Waals surface area contributed by atoms with Gasteiger partial charge in [0.1, 0.15) is 0 Å². The summed E-state index contributed by atoms with van der Waals surface area (Å²) in [5, 5.41) is 8.91. The predicted molar refractivity (Wildman–Crippen MR) is 66.7 cm³/mol. The summed E-state index contributed by atoms with van der Waals surface area (Å²) in [5.74, 6) is -1.08. The van der Waals surface area contributed by atoms with Crippen molar-refractivity contribution >= 4 is 5.97 Å². The Balaban J connectivity index is 2.64. The highest BCUT2D eigenvalue weighted by molar-refractivity contribution is 5.69. The summed E-state index contributed by atoms with van der Waals surface area (Å²) < 4.78 is 0. The molecule has 4 nitrogen and oxygen atoms in total. The van der Waals surface area contributed by atoms with Gasteiger partial charge in [0, 0.05) is 25.5 Å². The zero-order chi connectivity index (χ0) is 12.8. The summed E-state index contributed by atoms with van der Waals surface area (Å²) in [7, 11) is 0. The number of nitrogens with zero attached hydrogens (tertiary/aromatic N) is 2. The fraction of sp³-hybridized carbons (Fsp3) is 0.538. The number of carboxylic acid groups (broad SMARTS) is 1. The maximum Gasteiger partial charge on any atom is 0.307 e. The lowest BCUT2D eigenvalue weighted by atomic mass is 10.1. The molecule has 0 spiro atoms. The van der Waals surface area contributed by atoms with Gasteiger partial charge in [0.2, 0.25) is 0 Å². The minimum atomic E-state index is -0.744. The summed E-state index contributed by atoms with van der Waals surface area (Å²) in [6, 6.07) is 1.98. The average Bonchev–Trinajstić information content (AvgIpc) is 2.30. The second-order valence-electron chi connectivity index (χ2n) is 4.37. The molecule has 1 unspecified atom stereocenters. The molecule has 0 aliphatic carbocycles. The average molecular weight is 236 g/mol. The maximum absolute atomic E-state index is 10.8. The molecule has 0 aliphatic rings. The number of rotatable bonds is 6. The van der Waals surface area contributed by atoms with Gasteiger partial charge in [-0.05, 0) is 30.7 Å². The molecule has 0 aromatic carbocycles. The van der Waals surface area contributed by atoms with Gasteiger partial charge >= 0.3 is 5.97 Å². The van der Waals surface area contributed by atoms with Gasteiger partial charge in [0.15, 0.2) is 0 Å². The Morgan fingerprint density at radius 1 is 1.59 bits per heavy atom. The monoisotopic (exact) mass is 236 g/mol. The summed E-state index contributed by atoms with van der Waals surface area (Å²) >= 11 is 0. The Morgan fingerprint density at radius 2 is 2.29 bits per heavy atom. The van der Waals surface area contributed by atoms with Crippen LogP contribution < -0.4 is 0 Å². The van der Waals surface area contributed by atoms with Crippen LogP contribution in [0.25, 0.3) is 0 Å². The lowest BCUT2D eigenvalue weighted by Gasteiger charge is -2.23. The minimum absolute atomic E-state index is 0.341. The van der Waals surface area contributed by atoms with Gasteiger partial charge in [-0.3, -0.25) is 14.7 Å². The van der Waals surface area contributed by atoms with Crippen molar-refractivity contribution in [2.45, 2.75) is 27.3 Å². The molecule has 0 aliphatic heterocycles. The van der Waals surface area contributed by atoms with Crippen LogP contribution in [0, 0.1) is 12.8 Å². The zero-order valence-corrected chi connectivity index (χ0v) is 10.7. The van der Waals surface area contributed by atoms with E-state index in [-0.39, 0.29) is 5.92 Å².